The molecule has 1 fully saturated rings. The third kappa shape index (κ3) is 30.1. The van der Waals surface area contributed by atoms with Crippen molar-refractivity contribution in [1.82, 2.24) is 36.0 Å². The monoisotopic (exact) mass is 1510 g/mol. The van der Waals surface area contributed by atoms with Crippen LogP contribution in [0.25, 0.3) is 0 Å². The van der Waals surface area contributed by atoms with Crippen molar-refractivity contribution in [3.05, 3.63) is 65.7 Å². The van der Waals surface area contributed by atoms with Gasteiger partial charge in [-0.3, -0.25) is 52.7 Å². The number of thioether (sulfide) groups is 1. The summed E-state index contributed by atoms with van der Waals surface area (Å²) in [6.45, 7) is 19.9. The molecule has 1 aliphatic heterocycles. The molecule has 594 valence electrons. The lowest BCUT2D eigenvalue weighted by Crippen LogP contribution is -2.54. The zero-order chi connectivity index (χ0) is 79.7. The van der Waals surface area contributed by atoms with Crippen molar-refractivity contribution in [2.75, 3.05) is 65.6 Å². The molecular weight excluding hydrogens is 1380 g/mol. The van der Waals surface area contributed by atoms with E-state index in [0.717, 1.165) is 17.3 Å². The first-order chi connectivity index (χ1) is 50.0. The van der Waals surface area contributed by atoms with Crippen LogP contribution in [0.15, 0.2) is 54.6 Å². The van der Waals surface area contributed by atoms with Crippen molar-refractivity contribution in [2.45, 2.75) is 226 Å². The zero-order valence-corrected chi connectivity index (χ0v) is 65.8. The van der Waals surface area contributed by atoms with Gasteiger partial charge in [0, 0.05) is 109 Å². The molecule has 14 atom stereocenters. The lowest BCUT2D eigenvalue weighted by molar-refractivity contribution is -0.149. The van der Waals surface area contributed by atoms with E-state index >= 15 is 0 Å². The summed E-state index contributed by atoms with van der Waals surface area (Å²) in [5.41, 5.74) is 12.2. The normalized spacial score (nSPS) is 16.6. The van der Waals surface area contributed by atoms with E-state index in [1.807, 2.05) is 71.9 Å². The van der Waals surface area contributed by atoms with Crippen LogP contribution in [-0.4, -0.2) is 209 Å². The van der Waals surface area contributed by atoms with Gasteiger partial charge in [0.05, 0.1) is 61.5 Å². The molecule has 0 spiro atoms. The molecule has 106 heavy (non-hydrogen) atoms. The number of rotatable bonds is 50. The standard InChI is InChI=1S/C77H122N10O18S/c1-16-48(8)70(62(103-14)40-67(95)87-36-24-28-58(87)72(104-15)50(10)59(89)37-49(9)71(96)53-25-19-17-20-26-53)85(12)74(98)56(45(2)3)39-61(91)69(47(6)7)86(13)77(102)105-43-52-30-32-55(33-31-52)82-73(97)54(27-23-35-81-76(79)101)38-60(90)68(46(4)5)84-64(92)29-21-18-22-34-80-65(93)41-63(75(99)100)106-44-57(51(11)88)83-66(94)42-78/h17,19-20,25-26,30-33,45-50,54,56-58,62-63,68-72,96H,16,18,21-24,27-29,34-44,78H2,1-15H3,(H,80,93)(H,82,97)(H,83,94)(H,84,92)(H,99,100)(H3,79,81,101)/t48-,49-,50-,54+,56-,57?,58-,62+,63?,68-,69-,70-,71+,72+/m0/s1. The molecule has 2 aromatic rings. The third-order valence-electron chi connectivity index (χ3n) is 20.1. The molecule has 11 N–H and O–H groups in total. The number of urea groups is 1. The Labute approximate surface area is 630 Å². The highest BCUT2D eigenvalue weighted by Gasteiger charge is 2.44. The Morgan fingerprint density at radius 3 is 1.92 bits per heavy atom. The summed E-state index contributed by atoms with van der Waals surface area (Å²) in [6.07, 6.45) is 0.0538. The maximum Gasteiger partial charge on any atom is 0.410 e. The molecule has 3 rings (SSSR count). The molecule has 1 heterocycles. The second kappa shape index (κ2) is 47.1. The number of nitrogens with zero attached hydrogens (tertiary/aromatic N) is 3. The summed E-state index contributed by atoms with van der Waals surface area (Å²) in [4.78, 5) is 177. The van der Waals surface area contributed by atoms with E-state index in [1.165, 1.54) is 26.0 Å². The van der Waals surface area contributed by atoms with Crippen LogP contribution in [0.5, 0.6) is 0 Å². The molecule has 1 saturated heterocycles. The summed E-state index contributed by atoms with van der Waals surface area (Å²) in [6, 6.07) is 11.0. The second-order valence-corrected chi connectivity index (χ2v) is 30.4. The van der Waals surface area contributed by atoms with Crippen LogP contribution in [0.2, 0.25) is 0 Å². The van der Waals surface area contributed by atoms with Crippen molar-refractivity contribution >= 4 is 94.1 Å². The number of carboxylic acid groups (broad SMARTS) is 1. The summed E-state index contributed by atoms with van der Waals surface area (Å²) in [7, 11) is 6.20. The first kappa shape index (κ1) is 92.3. The quantitative estimate of drug-likeness (QED) is 0.0297. The van der Waals surface area contributed by atoms with Gasteiger partial charge < -0.3 is 77.2 Å². The predicted octanol–water partition coefficient (Wildman–Crippen LogP) is 7.15. The minimum atomic E-state index is -1.26. The lowest BCUT2D eigenvalue weighted by atomic mass is 9.83. The van der Waals surface area contributed by atoms with Crippen LogP contribution in [0, 0.1) is 47.3 Å². The molecule has 1 aliphatic rings. The number of hydrogen-bond donors (Lipinski definition) is 9. The van der Waals surface area contributed by atoms with Crippen LogP contribution >= 0.6 is 11.8 Å². The molecule has 0 bridgehead atoms. The number of methoxy groups -OCH3 is 2. The van der Waals surface area contributed by atoms with Crippen molar-refractivity contribution in [2.24, 2.45) is 58.8 Å². The van der Waals surface area contributed by atoms with Crippen LogP contribution in [-0.2, 0) is 73.6 Å². The predicted molar refractivity (Wildman–Crippen MR) is 404 cm³/mol. The number of amides is 9. The number of carbonyl (C=O) groups is 13. The van der Waals surface area contributed by atoms with Gasteiger partial charge in [-0.2, -0.15) is 0 Å². The number of aliphatic hydroxyl groups excluding tert-OH is 1. The fourth-order valence-corrected chi connectivity index (χ4v) is 14.7. The Hall–Kier alpha value is -7.86. The van der Waals surface area contributed by atoms with Gasteiger partial charge in [0.15, 0.2) is 17.3 Å². The number of hydrogen-bond acceptors (Lipinski definition) is 19. The van der Waals surface area contributed by atoms with E-state index in [0.29, 0.717) is 56.3 Å². The fraction of sp³-hybridized carbons (Fsp3) is 0.675. The van der Waals surface area contributed by atoms with Crippen molar-refractivity contribution in [1.29, 1.82) is 0 Å². The summed E-state index contributed by atoms with van der Waals surface area (Å²) in [5, 5.41) is 32.8. The minimum Gasteiger partial charge on any atom is -0.480 e. The van der Waals surface area contributed by atoms with Gasteiger partial charge in [-0.25, -0.2) is 9.59 Å². The number of nitrogens with two attached hydrogens (primary N) is 2. The number of aliphatic carboxylic acids is 1. The molecule has 0 radical (unpaired) electrons. The van der Waals surface area contributed by atoms with Crippen LogP contribution in [0.3, 0.4) is 0 Å². The summed E-state index contributed by atoms with van der Waals surface area (Å²) >= 11 is 0.847. The Balaban J connectivity index is 1.63. The van der Waals surface area contributed by atoms with Gasteiger partial charge in [0.2, 0.25) is 35.4 Å². The van der Waals surface area contributed by atoms with Crippen LogP contribution < -0.4 is 38.1 Å². The van der Waals surface area contributed by atoms with Gasteiger partial charge in [0.25, 0.3) is 0 Å². The number of unbranched alkanes of at least 4 members (excludes halogenated alkanes) is 2. The largest absolute Gasteiger partial charge is 0.480 e. The van der Waals surface area contributed by atoms with Crippen molar-refractivity contribution in [3.8, 4) is 0 Å². The summed E-state index contributed by atoms with van der Waals surface area (Å²) in [5.74, 6) is -8.97. The molecule has 29 heteroatoms. The van der Waals surface area contributed by atoms with Gasteiger partial charge in [0.1, 0.15) is 17.6 Å². The SMILES string of the molecule is CC[C@H](C)[C@@H]([C@@H](CC(=O)N1CCC[C@H]1[C@H](OC)[C@@H](C)C(=O)C[C@H](C)[C@@H](O)c1ccccc1)OC)N(C)C(=O)[C@@H](CC(=O)[C@H](C(C)C)N(C)C(=O)OCc1ccc(NC(=O)[C@H](CCCNC(N)=O)CC(=O)[C@@H](NC(=O)CCCCCNC(=O)CC(SCC(NC(=O)CN)C(C)=O)C(=O)O)C(C)C)cc1)C(C)C. The number of ketones is 4. The first-order valence-electron chi connectivity index (χ1n) is 37.2. The van der Waals surface area contributed by atoms with Crippen molar-refractivity contribution in [3.63, 3.8) is 0 Å². The van der Waals surface area contributed by atoms with Gasteiger partial charge in [-0.05, 0) is 98.3 Å². The minimum absolute atomic E-state index is 0.0512. The smallest absolute Gasteiger partial charge is 0.410 e. The highest BCUT2D eigenvalue weighted by molar-refractivity contribution is 8.00. The van der Waals surface area contributed by atoms with E-state index in [2.05, 4.69) is 26.6 Å². The Kier molecular flexibility index (Phi) is 41.0. The van der Waals surface area contributed by atoms with Crippen molar-refractivity contribution < 1.29 is 86.8 Å². The average Bonchev–Trinajstić information content (AvgIpc) is 1.48. The Morgan fingerprint density at radius 2 is 1.35 bits per heavy atom. The molecular formula is C77H122N10O18S. The fourth-order valence-electron chi connectivity index (χ4n) is 13.6. The highest BCUT2D eigenvalue weighted by atomic mass is 32.2. The maximum atomic E-state index is 14.9. The third-order valence-corrected chi connectivity index (χ3v) is 21.3. The highest BCUT2D eigenvalue weighted by Crippen LogP contribution is 2.34. The van der Waals surface area contributed by atoms with Gasteiger partial charge in [-0.1, -0.05) is 125 Å². The average molecular weight is 1510 g/mol. The number of likely N-dealkylation sites (N-methyl/N-ethyl adjacent to an activating group) is 2. The molecule has 0 aromatic heterocycles. The number of anilines is 1. The maximum absolute atomic E-state index is 14.9. The second-order valence-electron chi connectivity index (χ2n) is 29.2. The van der Waals surface area contributed by atoms with Gasteiger partial charge >= 0.3 is 18.1 Å². The van der Waals surface area contributed by atoms with E-state index < -0.39 is 131 Å². The molecule has 2 aromatic carbocycles. The summed E-state index contributed by atoms with van der Waals surface area (Å²) < 4.78 is 17.9. The molecule has 0 saturated carbocycles. The molecule has 9 amide bonds. The van der Waals surface area contributed by atoms with Crippen LogP contribution in [0.4, 0.5) is 15.3 Å². The number of ether oxygens (including phenoxy) is 3. The van der Waals surface area contributed by atoms with E-state index in [1.54, 1.807) is 75.9 Å². The number of nitrogens with one attached hydrogen (secondary N) is 5. The van der Waals surface area contributed by atoms with E-state index in [-0.39, 0.29) is 130 Å². The topological polar surface area (TPSA) is 412 Å². The van der Waals surface area contributed by atoms with E-state index in [4.69, 9.17) is 25.7 Å². The zero-order valence-electron chi connectivity index (χ0n) is 65.0. The Morgan fingerprint density at radius 1 is 0.698 bits per heavy atom. The van der Waals surface area contributed by atoms with Crippen LogP contribution in [0.1, 0.15) is 183 Å². The van der Waals surface area contributed by atoms with Gasteiger partial charge in [-0.15, -0.1) is 11.8 Å². The molecule has 28 nitrogen and oxygen atoms in total. The lowest BCUT2D eigenvalue weighted by Gasteiger charge is -2.41. The molecule has 0 aliphatic carbocycles. The number of carbonyl (C=O) groups excluding carboxylic acids is 12. The first-order valence-corrected chi connectivity index (χ1v) is 38.2. The number of primary amides is 1. The number of carboxylic acids is 1. The number of likely N-dealkylation sites (tertiary alicyclic amines) is 1. The Bertz CT molecular complexity index is 3200. The number of benzene rings is 2. The number of aliphatic hydroxyl groups is 1. The number of Topliss-reactive ketones (excluding diaryl/α,β-unsaturated/α-hetero) is 4. The van der Waals surface area contributed by atoms with E-state index in [9.17, 15) is 72.5 Å². The molecule has 2 unspecified atom stereocenters.